The van der Waals surface area contributed by atoms with Gasteiger partial charge in [-0.05, 0) is 0 Å². The second-order valence-electron chi connectivity index (χ2n) is 4.28. The number of nitro groups is 1. The van der Waals surface area contributed by atoms with Gasteiger partial charge in [0, 0.05) is 31.8 Å². The van der Waals surface area contributed by atoms with Crippen molar-refractivity contribution in [2.45, 2.75) is 6.54 Å². The number of benzene rings is 1. The summed E-state index contributed by atoms with van der Waals surface area (Å²) in [7, 11) is 1.63. The first kappa shape index (κ1) is 17.5. The van der Waals surface area contributed by atoms with Crippen molar-refractivity contribution in [3.8, 4) is 0 Å². The second kappa shape index (κ2) is 11.2. The molecule has 0 fully saturated rings. The van der Waals surface area contributed by atoms with Crippen molar-refractivity contribution in [1.29, 1.82) is 0 Å². The molecule has 1 aromatic carbocycles. The van der Waals surface area contributed by atoms with Crippen molar-refractivity contribution in [2.24, 2.45) is 0 Å². The van der Waals surface area contributed by atoms with Crippen LogP contribution in [0, 0.1) is 10.1 Å². The molecule has 1 rings (SSSR count). The Kier molecular flexibility index (Phi) is 9.30. The second-order valence-corrected chi connectivity index (χ2v) is 4.28. The minimum absolute atomic E-state index is 0.137. The van der Waals surface area contributed by atoms with Gasteiger partial charge in [0.15, 0.2) is 0 Å². The van der Waals surface area contributed by atoms with Crippen LogP contribution in [0.2, 0.25) is 0 Å². The van der Waals surface area contributed by atoms with Gasteiger partial charge in [0.25, 0.3) is 5.69 Å². The number of nitro benzene ring substituents is 1. The van der Waals surface area contributed by atoms with Gasteiger partial charge < -0.3 is 19.5 Å². The van der Waals surface area contributed by atoms with Crippen molar-refractivity contribution in [1.82, 2.24) is 5.32 Å². The maximum absolute atomic E-state index is 10.8. The van der Waals surface area contributed by atoms with Crippen LogP contribution in [0.4, 0.5) is 5.69 Å². The summed E-state index contributed by atoms with van der Waals surface area (Å²) in [5, 5.41) is 14.0. The van der Waals surface area contributed by atoms with Crippen LogP contribution >= 0.6 is 0 Å². The normalized spacial score (nSPS) is 10.7. The van der Waals surface area contributed by atoms with Crippen LogP contribution in [0.1, 0.15) is 5.56 Å². The molecule has 0 heterocycles. The highest BCUT2D eigenvalue weighted by atomic mass is 16.6. The van der Waals surface area contributed by atoms with Gasteiger partial charge in [-0.2, -0.15) is 0 Å². The van der Waals surface area contributed by atoms with E-state index in [2.05, 4.69) is 5.32 Å². The third kappa shape index (κ3) is 7.72. The molecule has 0 unspecified atom stereocenters. The van der Waals surface area contributed by atoms with Crippen molar-refractivity contribution in [3.63, 3.8) is 0 Å². The lowest BCUT2D eigenvalue weighted by molar-refractivity contribution is -0.385. The van der Waals surface area contributed by atoms with Gasteiger partial charge in [-0.15, -0.1) is 0 Å². The molecule has 0 aliphatic heterocycles. The fourth-order valence-corrected chi connectivity index (χ4v) is 1.67. The number of nitrogens with one attached hydrogen (secondary N) is 1. The SMILES string of the molecule is COCCOCCOCCNCc1ccccc1[N+](=O)[O-]. The predicted octanol–water partition coefficient (Wildman–Crippen LogP) is 1.36. The largest absolute Gasteiger partial charge is 0.382 e. The van der Waals surface area contributed by atoms with Gasteiger partial charge in [-0.25, -0.2) is 0 Å². The summed E-state index contributed by atoms with van der Waals surface area (Å²) in [4.78, 5) is 10.5. The number of rotatable bonds is 12. The summed E-state index contributed by atoms with van der Waals surface area (Å²) in [5.41, 5.74) is 0.808. The summed E-state index contributed by atoms with van der Waals surface area (Å²) in [5.74, 6) is 0. The maximum atomic E-state index is 10.8. The molecule has 7 heteroatoms. The first-order valence-corrected chi connectivity index (χ1v) is 6.83. The highest BCUT2D eigenvalue weighted by Gasteiger charge is 2.10. The highest BCUT2D eigenvalue weighted by Crippen LogP contribution is 2.16. The monoisotopic (exact) mass is 298 g/mol. The van der Waals surface area contributed by atoms with Gasteiger partial charge in [0.1, 0.15) is 0 Å². The topological polar surface area (TPSA) is 82.9 Å². The Bertz CT molecular complexity index is 414. The molecule has 118 valence electrons. The Labute approximate surface area is 124 Å². The van der Waals surface area contributed by atoms with E-state index in [4.69, 9.17) is 14.2 Å². The molecule has 1 N–H and O–H groups in total. The first-order valence-electron chi connectivity index (χ1n) is 6.83. The zero-order valence-corrected chi connectivity index (χ0v) is 12.2. The fourth-order valence-electron chi connectivity index (χ4n) is 1.67. The highest BCUT2D eigenvalue weighted by molar-refractivity contribution is 5.39. The molecule has 0 spiro atoms. The van der Waals surface area contributed by atoms with Crippen molar-refractivity contribution >= 4 is 5.69 Å². The van der Waals surface area contributed by atoms with Crippen LogP contribution in [0.3, 0.4) is 0 Å². The van der Waals surface area contributed by atoms with Crippen LogP contribution in [0.25, 0.3) is 0 Å². The number of hydrogen-bond acceptors (Lipinski definition) is 6. The first-order chi connectivity index (χ1) is 10.3. The molecule has 0 aliphatic carbocycles. The van der Waals surface area contributed by atoms with E-state index in [0.717, 1.165) is 0 Å². The molecule has 0 saturated carbocycles. The van der Waals surface area contributed by atoms with E-state index in [-0.39, 0.29) is 10.6 Å². The summed E-state index contributed by atoms with van der Waals surface area (Å²) in [6, 6.07) is 6.70. The Morgan fingerprint density at radius 1 is 1.10 bits per heavy atom. The Morgan fingerprint density at radius 2 is 1.76 bits per heavy atom. The number of nitrogens with zero attached hydrogens (tertiary/aromatic N) is 1. The molecule has 0 atom stereocenters. The average molecular weight is 298 g/mol. The molecule has 0 radical (unpaired) electrons. The van der Waals surface area contributed by atoms with Gasteiger partial charge in [-0.1, -0.05) is 18.2 Å². The standard InChI is InChI=1S/C14H22N2O5/c1-19-8-9-21-11-10-20-7-6-15-12-13-4-2-3-5-14(13)16(17)18/h2-5,15H,6-12H2,1H3. The van der Waals surface area contributed by atoms with Crippen LogP contribution < -0.4 is 5.32 Å². The van der Waals surface area contributed by atoms with Crippen LogP contribution in [0.5, 0.6) is 0 Å². The van der Waals surface area contributed by atoms with E-state index >= 15 is 0 Å². The molecule has 0 bridgehead atoms. The Hall–Kier alpha value is -1.54. The van der Waals surface area contributed by atoms with Crippen molar-refractivity contribution in [2.75, 3.05) is 46.7 Å². The predicted molar refractivity (Wildman–Crippen MR) is 78.3 cm³/mol. The maximum Gasteiger partial charge on any atom is 0.273 e. The number of ether oxygens (including phenoxy) is 3. The van der Waals surface area contributed by atoms with Crippen LogP contribution in [-0.4, -0.2) is 51.6 Å². The fraction of sp³-hybridized carbons (Fsp3) is 0.571. The molecule has 1 aromatic rings. The zero-order chi connectivity index (χ0) is 15.3. The van der Waals surface area contributed by atoms with E-state index in [1.54, 1.807) is 25.3 Å². The summed E-state index contributed by atoms with van der Waals surface area (Å²) < 4.78 is 15.5. The van der Waals surface area contributed by atoms with Crippen LogP contribution in [0.15, 0.2) is 24.3 Å². The average Bonchev–Trinajstić information content (AvgIpc) is 2.49. The zero-order valence-electron chi connectivity index (χ0n) is 12.2. The summed E-state index contributed by atoms with van der Waals surface area (Å²) in [6.07, 6.45) is 0. The lowest BCUT2D eigenvalue weighted by Gasteiger charge is -2.07. The Balaban J connectivity index is 2.06. The molecule has 0 saturated heterocycles. The van der Waals surface area contributed by atoms with Gasteiger partial charge in [-0.3, -0.25) is 10.1 Å². The molecule has 0 aromatic heterocycles. The minimum Gasteiger partial charge on any atom is -0.382 e. The van der Waals surface area contributed by atoms with Gasteiger partial charge in [0.05, 0.1) is 38.0 Å². The molecule has 0 aliphatic rings. The minimum atomic E-state index is -0.370. The van der Waals surface area contributed by atoms with E-state index in [0.29, 0.717) is 51.7 Å². The quantitative estimate of drug-likeness (QED) is 0.356. The van der Waals surface area contributed by atoms with Gasteiger partial charge in [0.2, 0.25) is 0 Å². The summed E-state index contributed by atoms with van der Waals surface area (Å²) in [6.45, 7) is 3.82. The lowest BCUT2D eigenvalue weighted by Crippen LogP contribution is -2.21. The molecule has 7 nitrogen and oxygen atoms in total. The van der Waals surface area contributed by atoms with E-state index < -0.39 is 0 Å². The van der Waals surface area contributed by atoms with Crippen molar-refractivity contribution in [3.05, 3.63) is 39.9 Å². The molecular weight excluding hydrogens is 276 g/mol. The number of methoxy groups -OCH3 is 1. The smallest absolute Gasteiger partial charge is 0.273 e. The van der Waals surface area contributed by atoms with E-state index in [1.807, 2.05) is 0 Å². The van der Waals surface area contributed by atoms with Gasteiger partial charge >= 0.3 is 0 Å². The number of hydrogen-bond donors (Lipinski definition) is 1. The third-order valence-electron chi connectivity index (χ3n) is 2.73. The number of para-hydroxylation sites is 1. The van der Waals surface area contributed by atoms with Crippen LogP contribution in [-0.2, 0) is 20.8 Å². The lowest BCUT2D eigenvalue weighted by atomic mass is 10.2. The molecule has 0 amide bonds. The molecular formula is C14H22N2O5. The summed E-state index contributed by atoms with van der Waals surface area (Å²) >= 11 is 0. The van der Waals surface area contributed by atoms with E-state index in [1.165, 1.54) is 6.07 Å². The Morgan fingerprint density at radius 3 is 2.48 bits per heavy atom. The van der Waals surface area contributed by atoms with E-state index in [9.17, 15) is 10.1 Å². The van der Waals surface area contributed by atoms with Crippen molar-refractivity contribution < 1.29 is 19.1 Å². The molecule has 21 heavy (non-hydrogen) atoms. The third-order valence-corrected chi connectivity index (χ3v) is 2.73.